The van der Waals surface area contributed by atoms with Crippen LogP contribution in [0.2, 0.25) is 0 Å². The van der Waals surface area contributed by atoms with Gasteiger partial charge in [0.15, 0.2) is 5.82 Å². The Labute approximate surface area is 179 Å². The van der Waals surface area contributed by atoms with E-state index in [9.17, 15) is 4.79 Å². The molecule has 1 N–H and O–H groups in total. The molecule has 0 aliphatic carbocycles. The van der Waals surface area contributed by atoms with Crippen LogP contribution in [0.15, 0.2) is 78.9 Å². The van der Waals surface area contributed by atoms with Gasteiger partial charge in [-0.05, 0) is 47.7 Å². The number of rotatable bonds is 7. The maximum Gasteiger partial charge on any atom is 0.270 e. The number of aromatic nitrogens is 4. The van der Waals surface area contributed by atoms with Crippen molar-refractivity contribution >= 4 is 11.6 Å². The molecule has 1 amide bonds. The van der Waals surface area contributed by atoms with Crippen molar-refractivity contribution in [2.75, 3.05) is 12.4 Å². The lowest BCUT2D eigenvalue weighted by Crippen LogP contribution is -2.25. The number of ether oxygens (including phenoxy) is 2. The maximum atomic E-state index is 13.2. The third-order valence-electron chi connectivity index (χ3n) is 4.64. The van der Waals surface area contributed by atoms with Crippen LogP contribution < -0.4 is 14.8 Å². The lowest BCUT2D eigenvalue weighted by atomic mass is 10.1. The predicted molar refractivity (Wildman–Crippen MR) is 115 cm³/mol. The molecule has 0 fully saturated rings. The number of para-hydroxylation sites is 1. The molecule has 0 aliphatic rings. The highest BCUT2D eigenvalue weighted by molar-refractivity contribution is 5.95. The number of amides is 1. The van der Waals surface area contributed by atoms with Crippen LogP contribution in [0.3, 0.4) is 0 Å². The number of aryl methyl sites for hydroxylation is 1. The molecule has 1 unspecified atom stereocenters. The Morgan fingerprint density at radius 1 is 1.00 bits per heavy atom. The van der Waals surface area contributed by atoms with Gasteiger partial charge in [0.25, 0.3) is 5.91 Å². The van der Waals surface area contributed by atoms with Gasteiger partial charge in [0.05, 0.1) is 7.11 Å². The molecule has 1 aromatic heterocycles. The Balaban J connectivity index is 1.63. The molecule has 0 saturated carbocycles. The third kappa shape index (κ3) is 4.53. The first-order valence-corrected chi connectivity index (χ1v) is 9.66. The van der Waals surface area contributed by atoms with Crippen LogP contribution in [0.4, 0.5) is 5.69 Å². The fourth-order valence-corrected chi connectivity index (χ4v) is 3.13. The van der Waals surface area contributed by atoms with Crippen LogP contribution in [0.1, 0.15) is 17.5 Å². The van der Waals surface area contributed by atoms with Gasteiger partial charge in [0, 0.05) is 11.3 Å². The van der Waals surface area contributed by atoms with E-state index in [-0.39, 0.29) is 5.91 Å². The molecule has 156 valence electrons. The summed E-state index contributed by atoms with van der Waals surface area (Å²) in [5.41, 5.74) is 1.92. The molecule has 8 nitrogen and oxygen atoms in total. The standard InChI is InChI=1S/C23H21N5O3/c1-16-25-26-27-28(16)20-15-18(13-14-21(20)30-2)24-23(29)22(17-9-5-3-6-10-17)31-19-11-7-4-8-12-19/h3-15,22H,1-2H3,(H,24,29). The Morgan fingerprint density at radius 3 is 2.35 bits per heavy atom. The molecule has 0 aliphatic heterocycles. The van der Waals surface area contributed by atoms with Crippen LogP contribution in [-0.4, -0.2) is 33.2 Å². The van der Waals surface area contributed by atoms with Crippen LogP contribution in [0.5, 0.6) is 11.5 Å². The SMILES string of the molecule is COc1ccc(NC(=O)C(Oc2ccccc2)c2ccccc2)cc1-n1nnnc1C. The maximum absolute atomic E-state index is 13.2. The second kappa shape index (κ2) is 9.08. The molecule has 1 atom stereocenters. The van der Waals surface area contributed by atoms with Crippen molar-refractivity contribution < 1.29 is 14.3 Å². The molecule has 4 aromatic rings. The fraction of sp³-hybridized carbons (Fsp3) is 0.130. The second-order valence-corrected chi connectivity index (χ2v) is 6.74. The molecular weight excluding hydrogens is 394 g/mol. The summed E-state index contributed by atoms with van der Waals surface area (Å²) < 4.78 is 13.0. The van der Waals surface area contributed by atoms with Crippen molar-refractivity contribution in [3.8, 4) is 17.2 Å². The minimum atomic E-state index is -0.830. The van der Waals surface area contributed by atoms with Crippen LogP contribution in [-0.2, 0) is 4.79 Å². The van der Waals surface area contributed by atoms with Crippen LogP contribution >= 0.6 is 0 Å². The zero-order valence-electron chi connectivity index (χ0n) is 17.1. The Kier molecular flexibility index (Phi) is 5.89. The predicted octanol–water partition coefficient (Wildman–Crippen LogP) is 3.74. The number of methoxy groups -OCH3 is 1. The van der Waals surface area contributed by atoms with Gasteiger partial charge in [-0.25, -0.2) is 0 Å². The lowest BCUT2D eigenvalue weighted by molar-refractivity contribution is -0.123. The summed E-state index contributed by atoms with van der Waals surface area (Å²) in [6, 6.07) is 23.9. The van der Waals surface area contributed by atoms with Gasteiger partial charge in [0.2, 0.25) is 6.10 Å². The Hall–Kier alpha value is -4.20. The van der Waals surface area contributed by atoms with E-state index in [1.54, 1.807) is 36.9 Å². The summed E-state index contributed by atoms with van der Waals surface area (Å²) in [6.45, 7) is 1.78. The van der Waals surface area contributed by atoms with Gasteiger partial charge in [-0.15, -0.1) is 5.10 Å². The first kappa shape index (κ1) is 20.1. The van der Waals surface area contributed by atoms with Gasteiger partial charge in [-0.3, -0.25) is 4.79 Å². The summed E-state index contributed by atoms with van der Waals surface area (Å²) in [7, 11) is 1.57. The largest absolute Gasteiger partial charge is 0.494 e. The average Bonchev–Trinajstić information content (AvgIpc) is 3.24. The third-order valence-corrected chi connectivity index (χ3v) is 4.64. The normalized spacial score (nSPS) is 11.5. The van der Waals surface area contributed by atoms with Crippen LogP contribution in [0.25, 0.3) is 5.69 Å². The minimum absolute atomic E-state index is 0.306. The number of anilines is 1. The quantitative estimate of drug-likeness (QED) is 0.494. The van der Waals surface area contributed by atoms with Crippen molar-refractivity contribution in [1.82, 2.24) is 20.2 Å². The van der Waals surface area contributed by atoms with Gasteiger partial charge in [-0.2, -0.15) is 4.68 Å². The molecule has 0 saturated heterocycles. The van der Waals surface area contributed by atoms with Gasteiger partial charge in [0.1, 0.15) is 17.2 Å². The number of tetrazole rings is 1. The molecule has 0 bridgehead atoms. The van der Waals surface area contributed by atoms with Gasteiger partial charge >= 0.3 is 0 Å². The molecule has 0 spiro atoms. The van der Waals surface area contributed by atoms with E-state index < -0.39 is 6.10 Å². The summed E-state index contributed by atoms with van der Waals surface area (Å²) in [5.74, 6) is 1.47. The highest BCUT2D eigenvalue weighted by Gasteiger charge is 2.23. The lowest BCUT2D eigenvalue weighted by Gasteiger charge is -2.20. The van der Waals surface area contributed by atoms with E-state index in [1.807, 2.05) is 60.7 Å². The fourth-order valence-electron chi connectivity index (χ4n) is 3.13. The summed E-state index contributed by atoms with van der Waals surface area (Å²) >= 11 is 0. The zero-order valence-corrected chi connectivity index (χ0v) is 17.1. The Morgan fingerprint density at radius 2 is 1.71 bits per heavy atom. The molecule has 4 rings (SSSR count). The molecule has 31 heavy (non-hydrogen) atoms. The van der Waals surface area contributed by atoms with Crippen LogP contribution in [0, 0.1) is 6.92 Å². The number of carbonyl (C=O) groups excluding carboxylic acids is 1. The molecule has 1 heterocycles. The Bertz CT molecular complexity index is 1160. The van der Waals surface area contributed by atoms with E-state index in [0.717, 1.165) is 5.56 Å². The first-order chi connectivity index (χ1) is 15.2. The average molecular weight is 415 g/mol. The van der Waals surface area contributed by atoms with Crippen molar-refractivity contribution in [1.29, 1.82) is 0 Å². The highest BCUT2D eigenvalue weighted by atomic mass is 16.5. The van der Waals surface area contributed by atoms with E-state index in [1.165, 1.54) is 0 Å². The van der Waals surface area contributed by atoms with E-state index in [4.69, 9.17) is 9.47 Å². The summed E-state index contributed by atoms with van der Waals surface area (Å²) in [4.78, 5) is 13.2. The van der Waals surface area contributed by atoms with E-state index >= 15 is 0 Å². The second-order valence-electron chi connectivity index (χ2n) is 6.74. The highest BCUT2D eigenvalue weighted by Crippen LogP contribution is 2.28. The first-order valence-electron chi connectivity index (χ1n) is 9.66. The number of nitrogens with one attached hydrogen (secondary N) is 1. The smallest absolute Gasteiger partial charge is 0.270 e. The molecular formula is C23H21N5O3. The number of hydrogen-bond acceptors (Lipinski definition) is 6. The number of carbonyl (C=O) groups is 1. The zero-order chi connectivity index (χ0) is 21.6. The summed E-state index contributed by atoms with van der Waals surface area (Å²) in [6.07, 6.45) is -0.830. The van der Waals surface area contributed by atoms with E-state index in [0.29, 0.717) is 28.7 Å². The molecule has 8 heteroatoms. The van der Waals surface area contributed by atoms with Crippen molar-refractivity contribution in [3.05, 3.63) is 90.3 Å². The monoisotopic (exact) mass is 415 g/mol. The molecule has 3 aromatic carbocycles. The summed E-state index contributed by atoms with van der Waals surface area (Å²) in [5, 5.41) is 14.5. The van der Waals surface area contributed by atoms with Crippen molar-refractivity contribution in [3.63, 3.8) is 0 Å². The minimum Gasteiger partial charge on any atom is -0.494 e. The topological polar surface area (TPSA) is 91.2 Å². The van der Waals surface area contributed by atoms with Crippen molar-refractivity contribution in [2.24, 2.45) is 0 Å². The van der Waals surface area contributed by atoms with Gasteiger partial charge in [-0.1, -0.05) is 48.5 Å². The number of nitrogens with zero attached hydrogens (tertiary/aromatic N) is 4. The molecule has 0 radical (unpaired) electrons. The van der Waals surface area contributed by atoms with E-state index in [2.05, 4.69) is 20.8 Å². The van der Waals surface area contributed by atoms with Gasteiger partial charge < -0.3 is 14.8 Å². The van der Waals surface area contributed by atoms with Crippen molar-refractivity contribution in [2.45, 2.75) is 13.0 Å². The number of hydrogen-bond donors (Lipinski definition) is 1. The number of benzene rings is 3.